The molecule has 13 heavy (non-hydrogen) atoms. The molecule has 2 nitrogen and oxygen atoms in total. The summed E-state index contributed by atoms with van der Waals surface area (Å²) in [6.07, 6.45) is 1.22. The molecule has 3 heteroatoms. The molecule has 1 saturated heterocycles. The van der Waals surface area contributed by atoms with E-state index in [0.29, 0.717) is 11.5 Å². The van der Waals surface area contributed by atoms with Gasteiger partial charge in [-0.15, -0.1) is 0 Å². The van der Waals surface area contributed by atoms with E-state index < -0.39 is 0 Å². The fraction of sp³-hybridized carbons (Fsp3) is 1.00. The first-order valence-electron chi connectivity index (χ1n) is 5.02. The molecule has 0 bridgehead atoms. The van der Waals surface area contributed by atoms with Gasteiger partial charge in [-0.25, -0.2) is 0 Å². The summed E-state index contributed by atoms with van der Waals surface area (Å²) in [5.74, 6) is 0.751. The minimum atomic E-state index is 0.290. The van der Waals surface area contributed by atoms with Crippen molar-refractivity contribution in [1.29, 1.82) is 0 Å². The van der Waals surface area contributed by atoms with Gasteiger partial charge in [0.2, 0.25) is 0 Å². The summed E-state index contributed by atoms with van der Waals surface area (Å²) in [6.45, 7) is 9.40. The Bertz CT molecular complexity index is 223. The largest absolute Gasteiger partial charge is 0.327 e. The van der Waals surface area contributed by atoms with Crippen LogP contribution in [0.3, 0.4) is 0 Å². The van der Waals surface area contributed by atoms with Crippen LogP contribution in [-0.4, -0.2) is 27.6 Å². The highest BCUT2D eigenvalue weighted by Crippen LogP contribution is 2.52. The smallest absolute Gasteiger partial charge is 0.0673 e. The van der Waals surface area contributed by atoms with Crippen molar-refractivity contribution in [1.82, 2.24) is 4.90 Å². The molecule has 1 saturated carbocycles. The Morgan fingerprint density at radius 3 is 2.54 bits per heavy atom. The van der Waals surface area contributed by atoms with Gasteiger partial charge in [-0.2, -0.15) is 0 Å². The highest BCUT2D eigenvalue weighted by atomic mass is 127. The summed E-state index contributed by atoms with van der Waals surface area (Å²) in [4.78, 5) is 2.57. The van der Waals surface area contributed by atoms with Gasteiger partial charge in [0.05, 0.1) is 3.55 Å². The lowest BCUT2D eigenvalue weighted by atomic mass is 9.60. The van der Waals surface area contributed by atoms with Crippen molar-refractivity contribution in [2.24, 2.45) is 17.1 Å². The van der Waals surface area contributed by atoms with Crippen LogP contribution in [0.5, 0.6) is 0 Å². The lowest BCUT2D eigenvalue weighted by Gasteiger charge is -2.46. The number of halogens is 1. The van der Waals surface area contributed by atoms with E-state index >= 15 is 0 Å². The van der Waals surface area contributed by atoms with Gasteiger partial charge in [-0.1, -0.05) is 29.5 Å². The number of hydrogen-bond acceptors (Lipinski definition) is 2. The first-order valence-corrected chi connectivity index (χ1v) is 6.10. The van der Waals surface area contributed by atoms with Gasteiger partial charge in [0.25, 0.3) is 0 Å². The summed E-state index contributed by atoms with van der Waals surface area (Å²) in [6, 6.07) is 0.466. The average Bonchev–Trinajstić information content (AvgIpc) is 2.21. The summed E-state index contributed by atoms with van der Waals surface area (Å²) < 4.78 is 0.290. The van der Waals surface area contributed by atoms with E-state index in [1.165, 1.54) is 19.5 Å². The molecule has 1 aliphatic carbocycles. The van der Waals surface area contributed by atoms with Crippen LogP contribution < -0.4 is 5.73 Å². The molecule has 1 heterocycles. The highest BCUT2D eigenvalue weighted by molar-refractivity contribution is 14.1. The van der Waals surface area contributed by atoms with E-state index in [2.05, 4.69) is 48.3 Å². The van der Waals surface area contributed by atoms with Crippen molar-refractivity contribution >= 4 is 22.6 Å². The normalized spacial score (nSPS) is 45.9. The maximum Gasteiger partial charge on any atom is 0.0673 e. The molecule has 2 aliphatic rings. The Hall–Kier alpha value is 0.650. The fourth-order valence-corrected chi connectivity index (χ4v) is 3.24. The van der Waals surface area contributed by atoms with Crippen LogP contribution in [-0.2, 0) is 0 Å². The predicted octanol–water partition coefficient (Wildman–Crippen LogP) is 1.83. The summed E-state index contributed by atoms with van der Waals surface area (Å²) >= 11 is 2.53. The van der Waals surface area contributed by atoms with E-state index in [9.17, 15) is 0 Å². The maximum absolute atomic E-state index is 6.03. The van der Waals surface area contributed by atoms with Crippen molar-refractivity contribution in [2.45, 2.75) is 36.8 Å². The quantitative estimate of drug-likeness (QED) is 0.454. The third-order valence-corrected chi connectivity index (χ3v) is 4.52. The second-order valence-corrected chi connectivity index (χ2v) is 8.06. The standard InChI is InChI=1S/C10H19IN2/c1-9(2,11)13-5-7-8(12)4-10(7,3)6-13/h7-8H,4-6,12H2,1-3H3/t7?,8?,10-/m0/s1. The van der Waals surface area contributed by atoms with Gasteiger partial charge in [-0.05, 0) is 31.6 Å². The van der Waals surface area contributed by atoms with Crippen molar-refractivity contribution in [3.63, 3.8) is 0 Å². The number of hydrogen-bond donors (Lipinski definition) is 1. The molecule has 2 unspecified atom stereocenters. The second-order valence-electron chi connectivity index (χ2n) is 5.42. The van der Waals surface area contributed by atoms with Crippen LogP contribution in [0.15, 0.2) is 0 Å². The molecule has 3 atom stereocenters. The van der Waals surface area contributed by atoms with Gasteiger partial charge >= 0.3 is 0 Å². The molecule has 2 fully saturated rings. The SMILES string of the molecule is CC(C)(I)N1CC2C(N)C[C@@]2(C)C1. The zero-order valence-corrected chi connectivity index (χ0v) is 10.8. The summed E-state index contributed by atoms with van der Waals surface area (Å²) in [5.41, 5.74) is 6.55. The number of likely N-dealkylation sites (tertiary alicyclic amines) is 1. The van der Waals surface area contributed by atoms with E-state index in [1.807, 2.05) is 0 Å². The van der Waals surface area contributed by atoms with Crippen molar-refractivity contribution in [2.75, 3.05) is 13.1 Å². The molecule has 76 valence electrons. The average molecular weight is 294 g/mol. The van der Waals surface area contributed by atoms with Crippen molar-refractivity contribution in [3.8, 4) is 0 Å². The summed E-state index contributed by atoms with van der Waals surface area (Å²) in [5, 5.41) is 0. The van der Waals surface area contributed by atoms with Crippen LogP contribution >= 0.6 is 22.6 Å². The van der Waals surface area contributed by atoms with Gasteiger partial charge in [-0.3, -0.25) is 4.90 Å². The van der Waals surface area contributed by atoms with Crippen LogP contribution in [0.2, 0.25) is 0 Å². The molecular formula is C10H19IN2. The molecule has 0 radical (unpaired) electrons. The molecule has 0 aromatic heterocycles. The van der Waals surface area contributed by atoms with E-state index in [1.54, 1.807) is 0 Å². The molecular weight excluding hydrogens is 275 g/mol. The molecule has 0 spiro atoms. The zero-order valence-electron chi connectivity index (χ0n) is 8.68. The number of nitrogens with zero attached hydrogens (tertiary/aromatic N) is 1. The Labute approximate surface area is 94.4 Å². The molecule has 0 aromatic carbocycles. The Balaban J connectivity index is 2.09. The lowest BCUT2D eigenvalue weighted by Crippen LogP contribution is -2.53. The Kier molecular flexibility index (Phi) is 2.21. The van der Waals surface area contributed by atoms with Crippen molar-refractivity contribution in [3.05, 3.63) is 0 Å². The van der Waals surface area contributed by atoms with Crippen molar-refractivity contribution < 1.29 is 0 Å². The topological polar surface area (TPSA) is 29.3 Å². The molecule has 0 aromatic rings. The van der Waals surface area contributed by atoms with Crippen LogP contribution in [0.25, 0.3) is 0 Å². The number of nitrogens with two attached hydrogens (primary N) is 1. The monoisotopic (exact) mass is 294 g/mol. The predicted molar refractivity (Wildman–Crippen MR) is 63.9 cm³/mol. The van der Waals surface area contributed by atoms with E-state index in [0.717, 1.165) is 5.92 Å². The maximum atomic E-state index is 6.03. The molecule has 1 aliphatic heterocycles. The van der Waals surface area contributed by atoms with E-state index in [-0.39, 0.29) is 3.55 Å². The van der Waals surface area contributed by atoms with Crippen LogP contribution in [0.4, 0.5) is 0 Å². The minimum Gasteiger partial charge on any atom is -0.327 e. The first-order chi connectivity index (χ1) is 5.83. The van der Waals surface area contributed by atoms with Crippen LogP contribution in [0.1, 0.15) is 27.2 Å². The zero-order chi connectivity index (χ0) is 9.85. The second kappa shape index (κ2) is 2.83. The van der Waals surface area contributed by atoms with Gasteiger partial charge in [0, 0.05) is 19.1 Å². The first kappa shape index (κ1) is 10.2. The van der Waals surface area contributed by atoms with Gasteiger partial charge in [0.1, 0.15) is 0 Å². The highest BCUT2D eigenvalue weighted by Gasteiger charge is 2.56. The number of rotatable bonds is 1. The number of alkyl halides is 1. The third-order valence-electron chi connectivity index (χ3n) is 3.84. The Morgan fingerprint density at radius 1 is 1.54 bits per heavy atom. The van der Waals surface area contributed by atoms with Crippen LogP contribution in [0, 0.1) is 11.3 Å². The molecule has 0 amide bonds. The molecule has 2 rings (SSSR count). The molecule has 2 N–H and O–H groups in total. The van der Waals surface area contributed by atoms with E-state index in [4.69, 9.17) is 5.73 Å². The Morgan fingerprint density at radius 2 is 2.15 bits per heavy atom. The summed E-state index contributed by atoms with van der Waals surface area (Å²) in [7, 11) is 0. The number of fused-ring (bicyclic) bond motifs is 1. The van der Waals surface area contributed by atoms with Gasteiger partial charge in [0.15, 0.2) is 0 Å². The lowest BCUT2D eigenvalue weighted by molar-refractivity contribution is 0.0753. The minimum absolute atomic E-state index is 0.290. The fourth-order valence-electron chi connectivity index (χ4n) is 2.87. The third kappa shape index (κ3) is 1.53. The van der Waals surface area contributed by atoms with Gasteiger partial charge < -0.3 is 5.73 Å².